The molecule has 0 bridgehead atoms. The van der Waals surface area contributed by atoms with E-state index in [0.29, 0.717) is 5.92 Å². The number of nitrogens with one attached hydrogen (secondary N) is 1. The maximum atomic E-state index is 9.45. The van der Waals surface area contributed by atoms with E-state index in [1.165, 1.54) is 0 Å². The maximum absolute atomic E-state index is 9.45. The summed E-state index contributed by atoms with van der Waals surface area (Å²) < 4.78 is 0. The summed E-state index contributed by atoms with van der Waals surface area (Å²) in [4.78, 5) is 4.65. The first-order valence-electron chi connectivity index (χ1n) is 6.84. The number of aromatic nitrogens is 1. The molecule has 3 nitrogen and oxygen atoms in total. The third-order valence-electron chi connectivity index (χ3n) is 3.23. The van der Waals surface area contributed by atoms with E-state index in [9.17, 15) is 5.11 Å². The fraction of sp³-hybridized carbons (Fsp3) is 0.438. The average Bonchev–Trinajstić information content (AvgIpc) is 2.38. The molecule has 0 radical (unpaired) electrons. The molecule has 0 aliphatic rings. The molecule has 0 aliphatic carbocycles. The van der Waals surface area contributed by atoms with Gasteiger partial charge in [-0.05, 0) is 37.0 Å². The Morgan fingerprint density at radius 1 is 1.26 bits per heavy atom. The number of hydrogen-bond donors (Lipinski definition) is 2. The molecule has 2 N–H and O–H groups in total. The molecular weight excluding hydrogens is 236 g/mol. The van der Waals surface area contributed by atoms with E-state index in [1.807, 2.05) is 25.1 Å². The van der Waals surface area contributed by atoms with Gasteiger partial charge in [0.15, 0.2) is 0 Å². The molecule has 0 spiro atoms. The minimum atomic E-state index is 0.0624. The molecule has 2 rings (SSSR count). The van der Waals surface area contributed by atoms with E-state index in [2.05, 4.69) is 36.3 Å². The molecule has 0 amide bonds. The van der Waals surface area contributed by atoms with E-state index < -0.39 is 0 Å². The highest BCUT2D eigenvalue weighted by molar-refractivity contribution is 5.81. The summed E-state index contributed by atoms with van der Waals surface area (Å²) in [5.74, 6) is 1.42. The zero-order valence-electron chi connectivity index (χ0n) is 11.9. The zero-order valence-corrected chi connectivity index (χ0v) is 11.9. The van der Waals surface area contributed by atoms with Crippen molar-refractivity contribution in [1.82, 2.24) is 4.98 Å². The van der Waals surface area contributed by atoms with E-state index in [1.54, 1.807) is 0 Å². The van der Waals surface area contributed by atoms with E-state index >= 15 is 0 Å². The highest BCUT2D eigenvalue weighted by atomic mass is 16.3. The van der Waals surface area contributed by atoms with Crippen LogP contribution in [0.25, 0.3) is 10.9 Å². The average molecular weight is 258 g/mol. The first kappa shape index (κ1) is 13.8. The summed E-state index contributed by atoms with van der Waals surface area (Å²) in [5, 5.41) is 14.0. The van der Waals surface area contributed by atoms with Crippen molar-refractivity contribution in [3.8, 4) is 0 Å². The number of hydrogen-bond acceptors (Lipinski definition) is 3. The molecule has 19 heavy (non-hydrogen) atoms. The van der Waals surface area contributed by atoms with Gasteiger partial charge in [0.25, 0.3) is 0 Å². The van der Waals surface area contributed by atoms with Gasteiger partial charge in [-0.25, -0.2) is 4.98 Å². The highest BCUT2D eigenvalue weighted by Gasteiger charge is 2.12. The largest absolute Gasteiger partial charge is 0.394 e. The molecule has 0 saturated carbocycles. The van der Waals surface area contributed by atoms with E-state index in [4.69, 9.17) is 0 Å². The maximum Gasteiger partial charge on any atom is 0.129 e. The second-order valence-electron chi connectivity index (χ2n) is 5.50. The van der Waals surface area contributed by atoms with Crippen LogP contribution in [0.1, 0.15) is 25.8 Å². The molecule has 1 atom stereocenters. The van der Waals surface area contributed by atoms with Gasteiger partial charge in [0.1, 0.15) is 5.82 Å². The minimum absolute atomic E-state index is 0.0624. The fourth-order valence-electron chi connectivity index (χ4n) is 2.31. The molecule has 102 valence electrons. The molecule has 1 unspecified atom stereocenters. The Bertz CT molecular complexity index is 551. The van der Waals surface area contributed by atoms with E-state index in [-0.39, 0.29) is 12.6 Å². The van der Waals surface area contributed by atoms with Crippen molar-refractivity contribution >= 4 is 16.7 Å². The molecule has 1 heterocycles. The molecule has 0 fully saturated rings. The summed E-state index contributed by atoms with van der Waals surface area (Å²) >= 11 is 0. The minimum Gasteiger partial charge on any atom is -0.394 e. The molecule has 0 saturated heterocycles. The SMILES string of the molecule is Cc1cc2ccccc2nc1NC(CO)CC(C)C. The lowest BCUT2D eigenvalue weighted by Gasteiger charge is -2.20. The lowest BCUT2D eigenvalue weighted by molar-refractivity contribution is 0.259. The van der Waals surface area contributed by atoms with Crippen molar-refractivity contribution in [2.24, 2.45) is 5.92 Å². The second-order valence-corrected chi connectivity index (χ2v) is 5.50. The van der Waals surface area contributed by atoms with Crippen molar-refractivity contribution in [2.75, 3.05) is 11.9 Å². The predicted molar refractivity (Wildman–Crippen MR) is 80.4 cm³/mol. The van der Waals surface area contributed by atoms with Gasteiger partial charge in [0.2, 0.25) is 0 Å². The van der Waals surface area contributed by atoms with Crippen LogP contribution in [0.15, 0.2) is 30.3 Å². The Morgan fingerprint density at radius 3 is 2.68 bits per heavy atom. The molecule has 3 heteroatoms. The summed E-state index contributed by atoms with van der Waals surface area (Å²) in [6.07, 6.45) is 0.935. The first-order chi connectivity index (χ1) is 9.10. The number of aryl methyl sites for hydroxylation is 1. The summed E-state index contributed by atoms with van der Waals surface area (Å²) in [5.41, 5.74) is 2.10. The van der Waals surface area contributed by atoms with Crippen LogP contribution in [0.3, 0.4) is 0 Å². The van der Waals surface area contributed by atoms with Crippen LogP contribution in [0.4, 0.5) is 5.82 Å². The fourth-order valence-corrected chi connectivity index (χ4v) is 2.31. The van der Waals surface area contributed by atoms with Crippen molar-refractivity contribution in [1.29, 1.82) is 0 Å². The van der Waals surface area contributed by atoms with Gasteiger partial charge in [0, 0.05) is 5.39 Å². The first-order valence-corrected chi connectivity index (χ1v) is 6.84. The van der Waals surface area contributed by atoms with Crippen molar-refractivity contribution in [3.05, 3.63) is 35.9 Å². The van der Waals surface area contributed by atoms with Crippen LogP contribution in [-0.2, 0) is 0 Å². The molecule has 2 aromatic rings. The number of benzene rings is 1. The van der Waals surface area contributed by atoms with Crippen LogP contribution in [-0.4, -0.2) is 22.7 Å². The van der Waals surface area contributed by atoms with Crippen LogP contribution >= 0.6 is 0 Å². The number of aliphatic hydroxyl groups is 1. The summed E-state index contributed by atoms with van der Waals surface area (Å²) in [6, 6.07) is 10.3. The molecule has 1 aromatic heterocycles. The van der Waals surface area contributed by atoms with Crippen LogP contribution in [0.5, 0.6) is 0 Å². The highest BCUT2D eigenvalue weighted by Crippen LogP contribution is 2.21. The molecule has 1 aromatic carbocycles. The van der Waals surface area contributed by atoms with Gasteiger partial charge >= 0.3 is 0 Å². The van der Waals surface area contributed by atoms with Crippen molar-refractivity contribution in [2.45, 2.75) is 33.2 Å². The van der Waals surface area contributed by atoms with Gasteiger partial charge in [-0.3, -0.25) is 0 Å². The molecule has 0 aliphatic heterocycles. The number of para-hydroxylation sites is 1. The quantitative estimate of drug-likeness (QED) is 0.864. The number of anilines is 1. The van der Waals surface area contributed by atoms with Gasteiger partial charge in [-0.15, -0.1) is 0 Å². The third kappa shape index (κ3) is 3.44. The normalized spacial score (nSPS) is 12.9. The number of pyridine rings is 1. The second kappa shape index (κ2) is 6.02. The van der Waals surface area contributed by atoms with Gasteiger partial charge < -0.3 is 10.4 Å². The number of fused-ring (bicyclic) bond motifs is 1. The Kier molecular flexibility index (Phi) is 4.38. The third-order valence-corrected chi connectivity index (χ3v) is 3.23. The molecular formula is C16H22N2O. The van der Waals surface area contributed by atoms with Crippen LogP contribution in [0.2, 0.25) is 0 Å². The standard InChI is InChI=1S/C16H22N2O/c1-11(2)8-14(10-19)17-16-12(3)9-13-6-4-5-7-15(13)18-16/h4-7,9,11,14,19H,8,10H2,1-3H3,(H,17,18). The van der Waals surface area contributed by atoms with Crippen LogP contribution < -0.4 is 5.32 Å². The zero-order chi connectivity index (χ0) is 13.8. The Labute approximate surface area is 114 Å². The lowest BCUT2D eigenvalue weighted by Crippen LogP contribution is -2.26. The van der Waals surface area contributed by atoms with Crippen molar-refractivity contribution in [3.63, 3.8) is 0 Å². The number of nitrogens with zero attached hydrogens (tertiary/aromatic N) is 1. The topological polar surface area (TPSA) is 45.2 Å². The van der Waals surface area contributed by atoms with E-state index in [0.717, 1.165) is 28.7 Å². The van der Waals surface area contributed by atoms with Gasteiger partial charge in [-0.2, -0.15) is 0 Å². The Balaban J connectivity index is 2.26. The number of aliphatic hydroxyl groups excluding tert-OH is 1. The monoisotopic (exact) mass is 258 g/mol. The Hall–Kier alpha value is -1.61. The van der Waals surface area contributed by atoms with Crippen molar-refractivity contribution < 1.29 is 5.11 Å². The predicted octanol–water partition coefficient (Wildman–Crippen LogP) is 3.36. The lowest BCUT2D eigenvalue weighted by atomic mass is 10.0. The summed E-state index contributed by atoms with van der Waals surface area (Å²) in [6.45, 7) is 6.49. The van der Waals surface area contributed by atoms with Gasteiger partial charge in [0.05, 0.1) is 18.2 Å². The van der Waals surface area contributed by atoms with Gasteiger partial charge in [-0.1, -0.05) is 32.0 Å². The summed E-state index contributed by atoms with van der Waals surface area (Å²) in [7, 11) is 0. The smallest absolute Gasteiger partial charge is 0.129 e. The number of rotatable bonds is 5. The van der Waals surface area contributed by atoms with Crippen LogP contribution in [0, 0.1) is 12.8 Å². The Morgan fingerprint density at radius 2 is 2.00 bits per heavy atom.